The Morgan fingerprint density at radius 3 is 1.87 bits per heavy atom. The molecule has 1 N–H and O–H groups in total. The van der Waals surface area contributed by atoms with Gasteiger partial charge in [0.2, 0.25) is 0 Å². The van der Waals surface area contributed by atoms with Crippen LogP contribution < -0.4 is 5.32 Å². The van der Waals surface area contributed by atoms with E-state index in [0.717, 1.165) is 22.1 Å². The minimum Gasteiger partial charge on any atom is -0.326 e. The number of hydrogen-bond donors (Lipinski definition) is 1. The molecule has 0 fully saturated rings. The van der Waals surface area contributed by atoms with Gasteiger partial charge in [0.15, 0.2) is 0 Å². The molecule has 15 heavy (non-hydrogen) atoms. The Labute approximate surface area is 96.2 Å². The van der Waals surface area contributed by atoms with E-state index in [1.807, 2.05) is 0 Å². The maximum Gasteiger partial charge on any atom is 0.128 e. The van der Waals surface area contributed by atoms with Gasteiger partial charge in [-0.15, -0.1) is 0 Å². The molecule has 3 nitrogen and oxygen atoms in total. The molecular formula is C12H31N3+2. The lowest BCUT2D eigenvalue weighted by Gasteiger charge is -2.33. The van der Waals surface area contributed by atoms with Gasteiger partial charge >= 0.3 is 0 Å². The fourth-order valence-corrected chi connectivity index (χ4v) is 1.37. The van der Waals surface area contributed by atoms with Gasteiger partial charge in [-0.2, -0.15) is 0 Å². The van der Waals surface area contributed by atoms with Crippen molar-refractivity contribution in [3.05, 3.63) is 0 Å². The van der Waals surface area contributed by atoms with Gasteiger partial charge < -0.3 is 14.3 Å². The Balaban J connectivity index is 3.67. The average Bonchev–Trinajstić information content (AvgIpc) is 2.09. The summed E-state index contributed by atoms with van der Waals surface area (Å²) in [4.78, 5) is 0. The first-order valence-electron chi connectivity index (χ1n) is 6.10. The molecule has 0 saturated carbocycles. The lowest BCUT2D eigenvalue weighted by Crippen LogP contribution is -2.51. The lowest BCUT2D eigenvalue weighted by atomic mass is 10.3. The van der Waals surface area contributed by atoms with E-state index in [1.54, 1.807) is 0 Å². The summed E-state index contributed by atoms with van der Waals surface area (Å²) >= 11 is 0. The summed E-state index contributed by atoms with van der Waals surface area (Å²) in [5.41, 5.74) is 0. The van der Waals surface area contributed by atoms with E-state index in [4.69, 9.17) is 0 Å². The van der Waals surface area contributed by atoms with Crippen LogP contribution in [0.1, 0.15) is 13.3 Å². The number of nitrogens with zero attached hydrogens (tertiary/aromatic N) is 2. The Kier molecular flexibility index (Phi) is 6.41. The zero-order valence-electron chi connectivity index (χ0n) is 11.6. The van der Waals surface area contributed by atoms with Crippen LogP contribution in [-0.4, -0.2) is 76.9 Å². The van der Waals surface area contributed by atoms with E-state index in [2.05, 4.69) is 47.5 Å². The zero-order valence-corrected chi connectivity index (χ0v) is 11.6. The van der Waals surface area contributed by atoms with Gasteiger partial charge in [-0.25, -0.2) is 0 Å². The molecule has 0 bridgehead atoms. The molecule has 0 aromatic heterocycles. The monoisotopic (exact) mass is 217 g/mol. The topological polar surface area (TPSA) is 12.0 Å². The number of nitrogens with one attached hydrogen (secondary N) is 1. The molecule has 0 aromatic rings. The van der Waals surface area contributed by atoms with E-state index >= 15 is 0 Å². The standard InChI is InChI=1S/C12H31N3/c1-7-8-13-9-10-15(5,6)12-11-14(2,3)4/h13H,7-12H2,1-6H3/q+2. The van der Waals surface area contributed by atoms with Gasteiger partial charge in [0.05, 0.1) is 41.8 Å². The predicted molar refractivity (Wildman–Crippen MR) is 67.9 cm³/mol. The summed E-state index contributed by atoms with van der Waals surface area (Å²) in [5.74, 6) is 0. The predicted octanol–water partition coefficient (Wildman–Crippen LogP) is 0.769. The number of quaternary nitrogens is 2. The SMILES string of the molecule is CCCNCC[N+](C)(C)CC[N+](C)(C)C. The molecular weight excluding hydrogens is 186 g/mol. The fourth-order valence-electron chi connectivity index (χ4n) is 1.37. The van der Waals surface area contributed by atoms with Crippen molar-refractivity contribution in [1.29, 1.82) is 0 Å². The van der Waals surface area contributed by atoms with Crippen molar-refractivity contribution in [2.24, 2.45) is 0 Å². The van der Waals surface area contributed by atoms with Gasteiger partial charge in [0, 0.05) is 6.54 Å². The van der Waals surface area contributed by atoms with Gasteiger partial charge in [-0.1, -0.05) is 6.92 Å². The smallest absolute Gasteiger partial charge is 0.128 e. The van der Waals surface area contributed by atoms with Crippen molar-refractivity contribution < 1.29 is 8.97 Å². The first kappa shape index (κ1) is 14.9. The van der Waals surface area contributed by atoms with E-state index in [0.29, 0.717) is 0 Å². The zero-order chi connectivity index (χ0) is 11.9. The molecule has 92 valence electrons. The highest BCUT2D eigenvalue weighted by atomic mass is 15.4. The van der Waals surface area contributed by atoms with Crippen LogP contribution in [0.3, 0.4) is 0 Å². The summed E-state index contributed by atoms with van der Waals surface area (Å²) in [6, 6.07) is 0. The van der Waals surface area contributed by atoms with Gasteiger partial charge in [0.25, 0.3) is 0 Å². The minimum absolute atomic E-state index is 1.06. The quantitative estimate of drug-likeness (QED) is 0.468. The Morgan fingerprint density at radius 2 is 1.40 bits per heavy atom. The molecule has 0 aromatic carbocycles. The fraction of sp³-hybridized carbons (Fsp3) is 1.00. The largest absolute Gasteiger partial charge is 0.326 e. The van der Waals surface area contributed by atoms with E-state index in [-0.39, 0.29) is 0 Å². The van der Waals surface area contributed by atoms with Crippen molar-refractivity contribution >= 4 is 0 Å². The first-order valence-corrected chi connectivity index (χ1v) is 6.10. The van der Waals surface area contributed by atoms with Crippen molar-refractivity contribution in [2.75, 3.05) is 68.0 Å². The van der Waals surface area contributed by atoms with Crippen LogP contribution in [0.15, 0.2) is 0 Å². The van der Waals surface area contributed by atoms with E-state index in [1.165, 1.54) is 26.1 Å². The second-order valence-corrected chi connectivity index (χ2v) is 6.15. The first-order chi connectivity index (χ1) is 6.77. The third-order valence-electron chi connectivity index (χ3n) is 2.70. The van der Waals surface area contributed by atoms with Crippen LogP contribution in [0.2, 0.25) is 0 Å². The van der Waals surface area contributed by atoms with Gasteiger partial charge in [0.1, 0.15) is 13.1 Å². The van der Waals surface area contributed by atoms with Crippen LogP contribution in [0.5, 0.6) is 0 Å². The third kappa shape index (κ3) is 10.2. The van der Waals surface area contributed by atoms with Crippen LogP contribution in [0.4, 0.5) is 0 Å². The maximum atomic E-state index is 3.47. The summed E-state index contributed by atoms with van der Waals surface area (Å²) in [6.07, 6.45) is 1.23. The highest BCUT2D eigenvalue weighted by molar-refractivity contribution is 4.44. The van der Waals surface area contributed by atoms with Crippen LogP contribution in [0, 0.1) is 0 Å². The highest BCUT2D eigenvalue weighted by Crippen LogP contribution is 1.99. The third-order valence-corrected chi connectivity index (χ3v) is 2.70. The molecule has 0 aliphatic carbocycles. The molecule has 0 unspecified atom stereocenters. The van der Waals surface area contributed by atoms with Crippen LogP contribution in [0.25, 0.3) is 0 Å². The van der Waals surface area contributed by atoms with Crippen molar-refractivity contribution in [1.82, 2.24) is 5.32 Å². The lowest BCUT2D eigenvalue weighted by molar-refractivity contribution is -0.936. The summed E-state index contributed by atoms with van der Waals surface area (Å²) in [5, 5.41) is 3.47. The second-order valence-electron chi connectivity index (χ2n) is 6.15. The van der Waals surface area contributed by atoms with Gasteiger partial charge in [-0.05, 0) is 13.0 Å². The second kappa shape index (κ2) is 6.46. The number of likely N-dealkylation sites (N-methyl/N-ethyl adjacent to an activating group) is 2. The molecule has 0 saturated heterocycles. The molecule has 3 heteroatoms. The maximum absolute atomic E-state index is 3.47. The normalized spacial score (nSPS) is 13.2. The summed E-state index contributed by atoms with van der Waals surface area (Å²) in [7, 11) is 11.4. The molecule has 0 amide bonds. The van der Waals surface area contributed by atoms with E-state index in [9.17, 15) is 0 Å². The molecule has 0 rings (SSSR count). The average molecular weight is 217 g/mol. The Morgan fingerprint density at radius 1 is 0.800 bits per heavy atom. The number of rotatable bonds is 8. The molecule has 0 radical (unpaired) electrons. The van der Waals surface area contributed by atoms with Crippen molar-refractivity contribution in [3.8, 4) is 0 Å². The number of hydrogen-bond acceptors (Lipinski definition) is 1. The minimum atomic E-state index is 1.06. The van der Waals surface area contributed by atoms with Gasteiger partial charge in [-0.3, -0.25) is 0 Å². The summed E-state index contributed by atoms with van der Waals surface area (Å²) in [6.45, 7) is 8.20. The molecule has 0 heterocycles. The van der Waals surface area contributed by atoms with E-state index < -0.39 is 0 Å². The molecule has 0 spiro atoms. The van der Waals surface area contributed by atoms with Crippen LogP contribution in [-0.2, 0) is 0 Å². The molecule has 0 aliphatic rings. The Bertz CT molecular complexity index is 159. The highest BCUT2D eigenvalue weighted by Gasteiger charge is 2.18. The molecule has 0 atom stereocenters. The van der Waals surface area contributed by atoms with Crippen LogP contribution >= 0.6 is 0 Å². The van der Waals surface area contributed by atoms with Crippen molar-refractivity contribution in [3.63, 3.8) is 0 Å². The van der Waals surface area contributed by atoms with Crippen molar-refractivity contribution in [2.45, 2.75) is 13.3 Å². The Hall–Kier alpha value is -0.120. The summed E-state index contributed by atoms with van der Waals surface area (Å²) < 4.78 is 2.18. The molecule has 0 aliphatic heterocycles.